The van der Waals surface area contributed by atoms with Gasteiger partial charge in [-0.2, -0.15) is 0 Å². The van der Waals surface area contributed by atoms with Gasteiger partial charge in [0.25, 0.3) is 0 Å². The van der Waals surface area contributed by atoms with Gasteiger partial charge in [-0.15, -0.1) is 0 Å². The van der Waals surface area contributed by atoms with Crippen molar-refractivity contribution < 1.29 is 9.53 Å². The van der Waals surface area contributed by atoms with Crippen molar-refractivity contribution in [2.75, 3.05) is 18.2 Å². The molecule has 0 aliphatic carbocycles. The summed E-state index contributed by atoms with van der Waals surface area (Å²) < 4.78 is 5.09. The number of hydrogen-bond acceptors (Lipinski definition) is 3. The van der Waals surface area contributed by atoms with Crippen LogP contribution in [0.3, 0.4) is 0 Å². The lowest BCUT2D eigenvalue weighted by atomic mass is 10.1. The van der Waals surface area contributed by atoms with E-state index in [4.69, 9.17) is 10.5 Å². The molecule has 0 aliphatic rings. The Morgan fingerprint density at radius 1 is 1.57 bits per heavy atom. The molecule has 0 fully saturated rings. The van der Waals surface area contributed by atoms with Crippen LogP contribution in [0, 0.1) is 6.92 Å². The number of hydrogen-bond donors (Lipinski definition) is 1. The van der Waals surface area contributed by atoms with Crippen LogP contribution in [0.1, 0.15) is 15.9 Å². The summed E-state index contributed by atoms with van der Waals surface area (Å²) in [5, 5.41) is 0.281. The molecule has 1 aromatic carbocycles. The zero-order valence-electron chi connectivity index (χ0n) is 8.13. The SMILES string of the molecule is COc1cc(N)c(C(=O)CBr)cc1C. The Morgan fingerprint density at radius 2 is 2.21 bits per heavy atom. The van der Waals surface area contributed by atoms with Gasteiger partial charge in [-0.1, -0.05) is 15.9 Å². The number of carbonyl (C=O) groups is 1. The van der Waals surface area contributed by atoms with Gasteiger partial charge < -0.3 is 10.5 Å². The Balaban J connectivity index is 3.21. The minimum absolute atomic E-state index is 0.0201. The van der Waals surface area contributed by atoms with Crippen LogP contribution >= 0.6 is 15.9 Å². The molecule has 0 amide bonds. The van der Waals surface area contributed by atoms with E-state index in [-0.39, 0.29) is 11.1 Å². The van der Waals surface area contributed by atoms with Gasteiger partial charge in [0, 0.05) is 17.3 Å². The van der Waals surface area contributed by atoms with Gasteiger partial charge in [-0.3, -0.25) is 4.79 Å². The second kappa shape index (κ2) is 4.46. The summed E-state index contributed by atoms with van der Waals surface area (Å²) in [6, 6.07) is 3.42. The fourth-order valence-electron chi connectivity index (χ4n) is 1.24. The average molecular weight is 258 g/mol. The summed E-state index contributed by atoms with van der Waals surface area (Å²) in [6.45, 7) is 1.88. The predicted octanol–water partition coefficient (Wildman–Crippen LogP) is 2.16. The molecule has 0 radical (unpaired) electrons. The Bertz CT molecular complexity index is 363. The maximum absolute atomic E-state index is 11.4. The number of carbonyl (C=O) groups excluding carboxylic acids is 1. The molecule has 1 aromatic rings. The number of benzene rings is 1. The maximum atomic E-state index is 11.4. The summed E-state index contributed by atoms with van der Waals surface area (Å²) in [5.74, 6) is 0.682. The van der Waals surface area contributed by atoms with Gasteiger partial charge in [0.1, 0.15) is 5.75 Å². The Morgan fingerprint density at radius 3 is 2.71 bits per heavy atom. The van der Waals surface area contributed by atoms with Gasteiger partial charge in [-0.25, -0.2) is 0 Å². The molecule has 1 rings (SSSR count). The molecule has 76 valence electrons. The Hall–Kier alpha value is -1.03. The molecular weight excluding hydrogens is 246 g/mol. The number of ether oxygens (including phenoxy) is 1. The van der Waals surface area contributed by atoms with Crippen molar-refractivity contribution in [1.82, 2.24) is 0 Å². The van der Waals surface area contributed by atoms with E-state index in [1.807, 2.05) is 6.92 Å². The molecule has 4 heteroatoms. The molecule has 0 aromatic heterocycles. The Kier molecular flexibility index (Phi) is 3.52. The zero-order chi connectivity index (χ0) is 10.7. The second-order valence-corrected chi connectivity index (χ2v) is 3.53. The quantitative estimate of drug-likeness (QED) is 0.513. The summed E-state index contributed by atoms with van der Waals surface area (Å²) in [7, 11) is 1.58. The molecule has 0 bridgehead atoms. The van der Waals surface area contributed by atoms with E-state index in [9.17, 15) is 4.79 Å². The standard InChI is InChI=1S/C10H12BrNO2/c1-6-3-7(9(13)5-11)8(12)4-10(6)14-2/h3-4H,5,12H2,1-2H3. The van der Waals surface area contributed by atoms with E-state index in [0.717, 1.165) is 5.56 Å². The van der Waals surface area contributed by atoms with Crippen LogP contribution in [0.4, 0.5) is 5.69 Å². The van der Waals surface area contributed by atoms with Crippen LogP contribution in [0.2, 0.25) is 0 Å². The number of halogens is 1. The molecule has 0 atom stereocenters. The Labute approximate surface area is 91.4 Å². The highest BCUT2D eigenvalue weighted by Gasteiger charge is 2.11. The summed E-state index contributed by atoms with van der Waals surface area (Å²) in [5.41, 5.74) is 7.63. The van der Waals surface area contributed by atoms with Crippen molar-refractivity contribution in [3.8, 4) is 5.75 Å². The summed E-state index contributed by atoms with van der Waals surface area (Å²) >= 11 is 3.11. The third kappa shape index (κ3) is 2.07. The highest BCUT2D eigenvalue weighted by atomic mass is 79.9. The number of Topliss-reactive ketones (excluding diaryl/α,β-unsaturated/α-hetero) is 1. The molecular formula is C10H12BrNO2. The minimum atomic E-state index is -0.0201. The molecule has 0 saturated carbocycles. The van der Waals surface area contributed by atoms with E-state index in [1.54, 1.807) is 19.2 Å². The first-order valence-electron chi connectivity index (χ1n) is 4.13. The van der Waals surface area contributed by atoms with E-state index in [2.05, 4.69) is 15.9 Å². The monoisotopic (exact) mass is 257 g/mol. The highest BCUT2D eigenvalue weighted by Crippen LogP contribution is 2.25. The molecule has 0 aliphatic heterocycles. The first-order valence-corrected chi connectivity index (χ1v) is 5.25. The van der Waals surface area contributed by atoms with Crippen LogP contribution in [-0.2, 0) is 0 Å². The third-order valence-corrected chi connectivity index (χ3v) is 2.50. The van der Waals surface area contributed by atoms with Crippen molar-refractivity contribution >= 4 is 27.4 Å². The first kappa shape index (κ1) is 11.0. The molecule has 0 unspecified atom stereocenters. The van der Waals surface area contributed by atoms with Gasteiger partial charge in [0.2, 0.25) is 0 Å². The van der Waals surface area contributed by atoms with E-state index in [1.165, 1.54) is 0 Å². The van der Waals surface area contributed by atoms with Crippen LogP contribution in [-0.4, -0.2) is 18.2 Å². The molecule has 0 heterocycles. The van der Waals surface area contributed by atoms with Crippen molar-refractivity contribution in [2.45, 2.75) is 6.92 Å². The number of nitrogens with two attached hydrogens (primary N) is 1. The number of rotatable bonds is 3. The number of anilines is 1. The normalized spacial score (nSPS) is 9.93. The zero-order valence-corrected chi connectivity index (χ0v) is 9.72. The fourth-order valence-corrected chi connectivity index (χ4v) is 1.54. The van der Waals surface area contributed by atoms with Crippen LogP contribution in [0.15, 0.2) is 12.1 Å². The van der Waals surface area contributed by atoms with Crippen molar-refractivity contribution in [3.05, 3.63) is 23.3 Å². The average Bonchev–Trinajstić information content (AvgIpc) is 2.19. The van der Waals surface area contributed by atoms with Gasteiger partial charge in [-0.05, 0) is 18.6 Å². The molecule has 0 saturated heterocycles. The number of ketones is 1. The van der Waals surface area contributed by atoms with Crippen LogP contribution in [0.5, 0.6) is 5.75 Å². The smallest absolute Gasteiger partial charge is 0.175 e. The topological polar surface area (TPSA) is 52.3 Å². The predicted molar refractivity (Wildman–Crippen MR) is 60.3 cm³/mol. The van der Waals surface area contributed by atoms with Gasteiger partial charge in [0.15, 0.2) is 5.78 Å². The lowest BCUT2D eigenvalue weighted by Crippen LogP contribution is -2.06. The molecule has 14 heavy (non-hydrogen) atoms. The largest absolute Gasteiger partial charge is 0.496 e. The van der Waals surface area contributed by atoms with E-state index < -0.39 is 0 Å². The lowest BCUT2D eigenvalue weighted by Gasteiger charge is -2.09. The molecule has 0 spiro atoms. The number of aryl methyl sites for hydroxylation is 1. The third-order valence-electron chi connectivity index (χ3n) is 1.99. The maximum Gasteiger partial charge on any atom is 0.175 e. The summed E-state index contributed by atoms with van der Waals surface area (Å²) in [6.07, 6.45) is 0. The number of methoxy groups -OCH3 is 1. The fraction of sp³-hybridized carbons (Fsp3) is 0.300. The highest BCUT2D eigenvalue weighted by molar-refractivity contribution is 9.09. The molecule has 3 nitrogen and oxygen atoms in total. The minimum Gasteiger partial charge on any atom is -0.496 e. The van der Waals surface area contributed by atoms with Crippen molar-refractivity contribution in [2.24, 2.45) is 0 Å². The van der Waals surface area contributed by atoms with E-state index in [0.29, 0.717) is 17.0 Å². The van der Waals surface area contributed by atoms with Crippen molar-refractivity contribution in [1.29, 1.82) is 0 Å². The second-order valence-electron chi connectivity index (χ2n) is 2.97. The van der Waals surface area contributed by atoms with Crippen LogP contribution in [0.25, 0.3) is 0 Å². The number of alkyl halides is 1. The number of nitrogen functional groups attached to an aromatic ring is 1. The van der Waals surface area contributed by atoms with E-state index >= 15 is 0 Å². The first-order chi connectivity index (χ1) is 6.60. The molecule has 2 N–H and O–H groups in total. The summed E-state index contributed by atoms with van der Waals surface area (Å²) in [4.78, 5) is 11.4. The van der Waals surface area contributed by atoms with Crippen LogP contribution < -0.4 is 10.5 Å². The lowest BCUT2D eigenvalue weighted by molar-refractivity contribution is 0.102. The van der Waals surface area contributed by atoms with Gasteiger partial charge in [0.05, 0.1) is 12.4 Å². The van der Waals surface area contributed by atoms with Crippen molar-refractivity contribution in [3.63, 3.8) is 0 Å². The van der Waals surface area contributed by atoms with Gasteiger partial charge >= 0.3 is 0 Å².